The van der Waals surface area contributed by atoms with Crippen molar-refractivity contribution in [3.8, 4) is 0 Å². The Labute approximate surface area is 84.4 Å². The predicted octanol–water partition coefficient (Wildman–Crippen LogP) is 5.09. The number of rotatable bonds is 8. The molecule has 0 aliphatic carbocycles. The van der Waals surface area contributed by atoms with Crippen molar-refractivity contribution >= 4 is 0 Å². The summed E-state index contributed by atoms with van der Waals surface area (Å²) >= 11 is 0. The van der Waals surface area contributed by atoms with Gasteiger partial charge in [-0.3, -0.25) is 0 Å². The molecule has 0 aliphatic rings. The number of hydrogen-bond donors (Lipinski definition) is 0. The van der Waals surface area contributed by atoms with E-state index >= 15 is 0 Å². The second-order valence-electron chi connectivity index (χ2n) is 3.82. The molecule has 0 fully saturated rings. The van der Waals surface area contributed by atoms with E-state index in [0.717, 1.165) is 0 Å². The van der Waals surface area contributed by atoms with E-state index in [4.69, 9.17) is 0 Å². The monoisotopic (exact) mass is 182 g/mol. The van der Waals surface area contributed by atoms with Crippen molar-refractivity contribution in [3.05, 3.63) is 11.6 Å². The van der Waals surface area contributed by atoms with Gasteiger partial charge >= 0.3 is 0 Å². The molecule has 0 bridgehead atoms. The van der Waals surface area contributed by atoms with Gasteiger partial charge in [0.15, 0.2) is 0 Å². The number of unbranched alkanes of at least 4 members (excludes halogenated alkanes) is 4. The number of allylic oxidation sites excluding steroid dienone is 2. The fourth-order valence-electron chi connectivity index (χ4n) is 1.53. The van der Waals surface area contributed by atoms with Crippen molar-refractivity contribution in [2.75, 3.05) is 0 Å². The van der Waals surface area contributed by atoms with E-state index in [1.807, 2.05) is 0 Å². The summed E-state index contributed by atoms with van der Waals surface area (Å²) in [4.78, 5) is 0. The van der Waals surface area contributed by atoms with Gasteiger partial charge in [-0.25, -0.2) is 0 Å². The van der Waals surface area contributed by atoms with Crippen LogP contribution in [0.1, 0.15) is 72.1 Å². The average Bonchev–Trinajstić information content (AvgIpc) is 2.17. The van der Waals surface area contributed by atoms with Gasteiger partial charge in [-0.2, -0.15) is 0 Å². The van der Waals surface area contributed by atoms with Crippen LogP contribution in [-0.4, -0.2) is 0 Å². The molecule has 0 spiro atoms. The van der Waals surface area contributed by atoms with Crippen LogP contribution in [0.3, 0.4) is 0 Å². The summed E-state index contributed by atoms with van der Waals surface area (Å²) in [6, 6.07) is 0. The van der Waals surface area contributed by atoms with Gasteiger partial charge in [-0.05, 0) is 32.1 Å². The Morgan fingerprint density at radius 2 is 1.62 bits per heavy atom. The molecule has 0 saturated heterocycles. The SMILES string of the molecule is CCCCCC=C(CC)CCCC. The molecular weight excluding hydrogens is 156 g/mol. The number of hydrogen-bond acceptors (Lipinski definition) is 0. The zero-order valence-corrected chi connectivity index (χ0v) is 9.73. The second-order valence-corrected chi connectivity index (χ2v) is 3.82. The molecule has 0 heteroatoms. The van der Waals surface area contributed by atoms with Crippen LogP contribution in [0, 0.1) is 0 Å². The van der Waals surface area contributed by atoms with Gasteiger partial charge in [-0.1, -0.05) is 51.7 Å². The lowest BCUT2D eigenvalue weighted by molar-refractivity contribution is 0.714. The lowest BCUT2D eigenvalue weighted by atomic mass is 10.0. The van der Waals surface area contributed by atoms with Crippen molar-refractivity contribution in [3.63, 3.8) is 0 Å². The highest BCUT2D eigenvalue weighted by molar-refractivity contribution is 5.00. The summed E-state index contributed by atoms with van der Waals surface area (Å²) in [7, 11) is 0. The summed E-state index contributed by atoms with van der Waals surface area (Å²) in [5, 5.41) is 0. The molecule has 0 atom stereocenters. The Morgan fingerprint density at radius 1 is 0.923 bits per heavy atom. The van der Waals surface area contributed by atoms with E-state index in [1.165, 1.54) is 51.4 Å². The van der Waals surface area contributed by atoms with Crippen LogP contribution in [0.2, 0.25) is 0 Å². The molecular formula is C13H26. The summed E-state index contributed by atoms with van der Waals surface area (Å²) in [5.41, 5.74) is 1.68. The van der Waals surface area contributed by atoms with Crippen LogP contribution in [0.25, 0.3) is 0 Å². The minimum Gasteiger partial charge on any atom is -0.0853 e. The zero-order valence-electron chi connectivity index (χ0n) is 9.73. The Balaban J connectivity index is 3.52. The molecule has 0 aromatic heterocycles. The third-order valence-corrected chi connectivity index (χ3v) is 2.55. The summed E-state index contributed by atoms with van der Waals surface area (Å²) < 4.78 is 0. The van der Waals surface area contributed by atoms with Gasteiger partial charge in [0.25, 0.3) is 0 Å². The Morgan fingerprint density at radius 3 is 2.15 bits per heavy atom. The first-order valence-electron chi connectivity index (χ1n) is 6.03. The molecule has 0 N–H and O–H groups in total. The molecule has 0 aromatic rings. The lowest BCUT2D eigenvalue weighted by Crippen LogP contribution is -1.82. The standard InChI is InChI=1S/C13H26/c1-4-7-9-10-12-13(6-3)11-8-5-2/h12H,4-11H2,1-3H3. The highest BCUT2D eigenvalue weighted by Crippen LogP contribution is 2.13. The van der Waals surface area contributed by atoms with E-state index < -0.39 is 0 Å². The lowest BCUT2D eigenvalue weighted by Gasteiger charge is -2.03. The van der Waals surface area contributed by atoms with Crippen molar-refractivity contribution in [1.82, 2.24) is 0 Å². The molecule has 0 heterocycles. The quantitative estimate of drug-likeness (QED) is 0.362. The summed E-state index contributed by atoms with van der Waals surface area (Å²) in [6.07, 6.45) is 13.2. The third-order valence-electron chi connectivity index (χ3n) is 2.55. The van der Waals surface area contributed by atoms with Crippen molar-refractivity contribution in [1.29, 1.82) is 0 Å². The minimum atomic E-state index is 1.26. The van der Waals surface area contributed by atoms with Gasteiger partial charge in [0.1, 0.15) is 0 Å². The molecule has 0 aliphatic heterocycles. The molecule has 0 rings (SSSR count). The van der Waals surface area contributed by atoms with Crippen LogP contribution >= 0.6 is 0 Å². The van der Waals surface area contributed by atoms with Gasteiger partial charge in [-0.15, -0.1) is 0 Å². The van der Waals surface area contributed by atoms with Crippen LogP contribution < -0.4 is 0 Å². The normalized spacial score (nSPS) is 12.1. The van der Waals surface area contributed by atoms with E-state index in [0.29, 0.717) is 0 Å². The minimum absolute atomic E-state index is 1.26. The highest BCUT2D eigenvalue weighted by Gasteiger charge is 1.93. The molecule has 0 unspecified atom stereocenters. The van der Waals surface area contributed by atoms with E-state index in [2.05, 4.69) is 26.8 Å². The van der Waals surface area contributed by atoms with Gasteiger partial charge in [0, 0.05) is 0 Å². The smallest absolute Gasteiger partial charge is 0.0321 e. The van der Waals surface area contributed by atoms with Crippen LogP contribution in [-0.2, 0) is 0 Å². The van der Waals surface area contributed by atoms with Crippen LogP contribution in [0.4, 0.5) is 0 Å². The molecule has 0 saturated carbocycles. The zero-order chi connectivity index (χ0) is 9.94. The van der Waals surface area contributed by atoms with Crippen LogP contribution in [0.15, 0.2) is 11.6 Å². The molecule has 0 aromatic carbocycles. The highest BCUT2D eigenvalue weighted by atomic mass is 14.0. The average molecular weight is 182 g/mol. The molecule has 13 heavy (non-hydrogen) atoms. The first-order chi connectivity index (χ1) is 6.35. The summed E-state index contributed by atoms with van der Waals surface area (Å²) in [6.45, 7) is 6.81. The topological polar surface area (TPSA) is 0 Å². The second kappa shape index (κ2) is 9.83. The first-order valence-corrected chi connectivity index (χ1v) is 6.03. The fraction of sp³-hybridized carbons (Fsp3) is 0.846. The summed E-state index contributed by atoms with van der Waals surface area (Å²) in [5.74, 6) is 0. The molecule has 0 radical (unpaired) electrons. The van der Waals surface area contributed by atoms with E-state index in [1.54, 1.807) is 5.57 Å². The Hall–Kier alpha value is -0.260. The van der Waals surface area contributed by atoms with E-state index in [-0.39, 0.29) is 0 Å². The van der Waals surface area contributed by atoms with Gasteiger partial charge in [0.2, 0.25) is 0 Å². The van der Waals surface area contributed by atoms with Crippen LogP contribution in [0.5, 0.6) is 0 Å². The Kier molecular flexibility index (Phi) is 9.63. The largest absolute Gasteiger partial charge is 0.0853 e. The van der Waals surface area contributed by atoms with Crippen molar-refractivity contribution in [2.45, 2.75) is 72.1 Å². The molecule has 0 nitrogen and oxygen atoms in total. The van der Waals surface area contributed by atoms with E-state index in [9.17, 15) is 0 Å². The maximum Gasteiger partial charge on any atom is -0.0321 e. The van der Waals surface area contributed by atoms with Gasteiger partial charge in [0.05, 0.1) is 0 Å². The fourth-order valence-corrected chi connectivity index (χ4v) is 1.53. The van der Waals surface area contributed by atoms with Gasteiger partial charge < -0.3 is 0 Å². The van der Waals surface area contributed by atoms with Crippen molar-refractivity contribution in [2.24, 2.45) is 0 Å². The van der Waals surface area contributed by atoms with Crippen molar-refractivity contribution < 1.29 is 0 Å². The molecule has 78 valence electrons. The third kappa shape index (κ3) is 8.08. The maximum absolute atomic E-state index is 2.48. The predicted molar refractivity (Wildman–Crippen MR) is 62.0 cm³/mol. The maximum atomic E-state index is 2.48. The molecule has 0 amide bonds. The first kappa shape index (κ1) is 12.7. The Bertz CT molecular complexity index is 122.